The topological polar surface area (TPSA) is 58.2 Å². The van der Waals surface area contributed by atoms with Gasteiger partial charge in [0.25, 0.3) is 0 Å². The summed E-state index contributed by atoms with van der Waals surface area (Å²) in [5.74, 6) is -0.248. The number of halogens is 2. The molecule has 0 spiro atoms. The van der Waals surface area contributed by atoms with E-state index in [2.05, 4.69) is 10.6 Å². The van der Waals surface area contributed by atoms with Crippen LogP contribution >= 0.6 is 23.8 Å². The van der Waals surface area contributed by atoms with Crippen molar-refractivity contribution >= 4 is 44.5 Å². The number of anilines is 1. The molecule has 104 valence electrons. The fourth-order valence-corrected chi connectivity index (χ4v) is 3.97. The van der Waals surface area contributed by atoms with Crippen LogP contribution in [0, 0.1) is 5.82 Å². The third-order valence-electron chi connectivity index (χ3n) is 2.75. The van der Waals surface area contributed by atoms with E-state index in [0.29, 0.717) is 17.2 Å². The van der Waals surface area contributed by atoms with E-state index < -0.39 is 15.7 Å². The first kappa shape index (κ1) is 14.5. The van der Waals surface area contributed by atoms with Crippen molar-refractivity contribution in [1.82, 2.24) is 5.32 Å². The van der Waals surface area contributed by atoms with Crippen LogP contribution in [-0.4, -0.2) is 31.1 Å². The molecule has 2 N–H and O–H groups in total. The molecule has 0 aromatic heterocycles. The Hall–Kier alpha value is -0.920. The zero-order valence-corrected chi connectivity index (χ0v) is 12.2. The molecule has 0 aliphatic carbocycles. The zero-order valence-electron chi connectivity index (χ0n) is 9.82. The minimum Gasteiger partial charge on any atom is -0.359 e. The molecule has 1 heterocycles. The van der Waals surface area contributed by atoms with Crippen molar-refractivity contribution in [3.05, 3.63) is 29.0 Å². The summed E-state index contributed by atoms with van der Waals surface area (Å²) in [6.07, 6.45) is 0.536. The Balaban J connectivity index is 1.93. The van der Waals surface area contributed by atoms with E-state index in [1.807, 2.05) is 0 Å². The van der Waals surface area contributed by atoms with Crippen molar-refractivity contribution < 1.29 is 12.8 Å². The smallest absolute Gasteiger partial charge is 0.171 e. The van der Waals surface area contributed by atoms with Crippen molar-refractivity contribution in [2.75, 3.05) is 16.8 Å². The van der Waals surface area contributed by atoms with Crippen molar-refractivity contribution in [2.45, 2.75) is 12.5 Å². The number of hydrogen-bond donors (Lipinski definition) is 2. The molecular formula is C11H12ClFN2O2S2. The molecule has 1 atom stereocenters. The van der Waals surface area contributed by atoms with Crippen LogP contribution in [-0.2, 0) is 9.84 Å². The van der Waals surface area contributed by atoms with Crippen LogP contribution in [0.5, 0.6) is 0 Å². The van der Waals surface area contributed by atoms with E-state index in [1.165, 1.54) is 18.2 Å². The second-order valence-corrected chi connectivity index (χ2v) is 7.37. The molecule has 1 aliphatic rings. The Kier molecular flexibility index (Phi) is 4.27. The van der Waals surface area contributed by atoms with E-state index in [-0.39, 0.29) is 22.6 Å². The molecule has 0 radical (unpaired) electrons. The minimum absolute atomic E-state index is 0.00348. The number of hydrogen-bond acceptors (Lipinski definition) is 3. The number of rotatable bonds is 2. The van der Waals surface area contributed by atoms with E-state index in [9.17, 15) is 12.8 Å². The molecule has 4 nitrogen and oxygen atoms in total. The molecular weight excluding hydrogens is 311 g/mol. The Bertz CT molecular complexity index is 607. The van der Waals surface area contributed by atoms with Crippen LogP contribution in [0.15, 0.2) is 18.2 Å². The third kappa shape index (κ3) is 4.02. The van der Waals surface area contributed by atoms with E-state index in [4.69, 9.17) is 23.8 Å². The standard InChI is InChI=1S/C11H12ClFN2O2S2/c12-9-5-7(1-2-10(9)13)14-11(18)15-8-3-4-19(16,17)6-8/h1-2,5,8H,3-4,6H2,(H2,14,15,18). The summed E-state index contributed by atoms with van der Waals surface area (Å²) in [5, 5.41) is 6.05. The van der Waals surface area contributed by atoms with Gasteiger partial charge in [-0.1, -0.05) is 11.6 Å². The van der Waals surface area contributed by atoms with Gasteiger partial charge in [0.1, 0.15) is 5.82 Å². The van der Waals surface area contributed by atoms with Crippen molar-refractivity contribution in [2.24, 2.45) is 0 Å². The summed E-state index contributed by atoms with van der Waals surface area (Å²) in [7, 11) is -2.95. The second-order valence-electron chi connectivity index (χ2n) is 4.33. The van der Waals surface area contributed by atoms with Crippen LogP contribution in [0.1, 0.15) is 6.42 Å². The molecule has 0 saturated carbocycles. The Labute approximate surface area is 121 Å². The molecule has 19 heavy (non-hydrogen) atoms. The maximum absolute atomic E-state index is 13.0. The maximum atomic E-state index is 13.0. The summed E-state index contributed by atoms with van der Waals surface area (Å²) >= 11 is 10.7. The molecule has 1 aromatic carbocycles. The number of sulfone groups is 1. The molecule has 0 amide bonds. The lowest BCUT2D eigenvalue weighted by atomic mass is 10.3. The maximum Gasteiger partial charge on any atom is 0.171 e. The summed E-state index contributed by atoms with van der Waals surface area (Å²) in [6.45, 7) is 0. The van der Waals surface area contributed by atoms with Crippen LogP contribution in [0.25, 0.3) is 0 Å². The fraction of sp³-hybridized carbons (Fsp3) is 0.364. The van der Waals surface area contributed by atoms with Gasteiger partial charge in [-0.25, -0.2) is 12.8 Å². The predicted molar refractivity (Wildman–Crippen MR) is 77.8 cm³/mol. The number of thiocarbonyl (C=S) groups is 1. The fourth-order valence-electron chi connectivity index (χ4n) is 1.84. The molecule has 1 aromatic rings. The van der Waals surface area contributed by atoms with Gasteiger partial charge in [0.05, 0.1) is 16.5 Å². The van der Waals surface area contributed by atoms with E-state index >= 15 is 0 Å². The number of nitrogens with one attached hydrogen (secondary N) is 2. The first-order valence-corrected chi connectivity index (χ1v) is 8.19. The van der Waals surface area contributed by atoms with E-state index in [1.54, 1.807) is 0 Å². The Morgan fingerprint density at radius 1 is 1.47 bits per heavy atom. The zero-order chi connectivity index (χ0) is 14.0. The van der Waals surface area contributed by atoms with Gasteiger partial charge in [-0.2, -0.15) is 0 Å². The second kappa shape index (κ2) is 5.60. The molecule has 2 rings (SSSR count). The highest BCUT2D eigenvalue weighted by molar-refractivity contribution is 7.91. The predicted octanol–water partition coefficient (Wildman–Crippen LogP) is 1.95. The lowest BCUT2D eigenvalue weighted by Gasteiger charge is -2.15. The van der Waals surface area contributed by atoms with Gasteiger partial charge in [-0.3, -0.25) is 0 Å². The molecule has 1 saturated heterocycles. The highest BCUT2D eigenvalue weighted by atomic mass is 35.5. The van der Waals surface area contributed by atoms with Gasteiger partial charge >= 0.3 is 0 Å². The largest absolute Gasteiger partial charge is 0.359 e. The lowest BCUT2D eigenvalue weighted by Crippen LogP contribution is -2.38. The first-order valence-electron chi connectivity index (χ1n) is 5.59. The van der Waals surface area contributed by atoms with Crippen molar-refractivity contribution in [3.63, 3.8) is 0 Å². The van der Waals surface area contributed by atoms with Crippen LogP contribution in [0.4, 0.5) is 10.1 Å². The van der Waals surface area contributed by atoms with Gasteiger partial charge in [0, 0.05) is 11.7 Å². The first-order chi connectivity index (χ1) is 8.85. The van der Waals surface area contributed by atoms with Gasteiger partial charge < -0.3 is 10.6 Å². The highest BCUT2D eigenvalue weighted by Gasteiger charge is 2.28. The van der Waals surface area contributed by atoms with Gasteiger partial charge in [0.15, 0.2) is 14.9 Å². The average Bonchev–Trinajstić information content (AvgIpc) is 2.63. The Morgan fingerprint density at radius 2 is 2.21 bits per heavy atom. The molecule has 1 fully saturated rings. The molecule has 1 aliphatic heterocycles. The third-order valence-corrected chi connectivity index (χ3v) is 5.02. The van der Waals surface area contributed by atoms with Crippen LogP contribution < -0.4 is 10.6 Å². The summed E-state index contributed by atoms with van der Waals surface area (Å²) in [5.41, 5.74) is 0.546. The Morgan fingerprint density at radius 3 is 2.79 bits per heavy atom. The average molecular weight is 323 g/mol. The lowest BCUT2D eigenvalue weighted by molar-refractivity contribution is 0.600. The van der Waals surface area contributed by atoms with Crippen LogP contribution in [0.2, 0.25) is 5.02 Å². The molecule has 1 unspecified atom stereocenters. The van der Waals surface area contributed by atoms with Gasteiger partial charge in [0.2, 0.25) is 0 Å². The summed E-state index contributed by atoms with van der Waals surface area (Å²) in [4.78, 5) is 0. The minimum atomic E-state index is -2.95. The monoisotopic (exact) mass is 322 g/mol. The van der Waals surface area contributed by atoms with Crippen molar-refractivity contribution in [1.29, 1.82) is 0 Å². The quantitative estimate of drug-likeness (QED) is 0.815. The summed E-state index contributed by atoms with van der Waals surface area (Å²) in [6, 6.07) is 3.96. The van der Waals surface area contributed by atoms with Crippen LogP contribution in [0.3, 0.4) is 0 Å². The SMILES string of the molecule is O=S1(=O)CCC(NC(=S)Nc2ccc(F)c(Cl)c2)C1. The van der Waals surface area contributed by atoms with Crippen molar-refractivity contribution in [3.8, 4) is 0 Å². The normalized spacial score (nSPS) is 21.1. The van der Waals surface area contributed by atoms with Gasteiger partial charge in [-0.15, -0.1) is 0 Å². The van der Waals surface area contributed by atoms with Gasteiger partial charge in [-0.05, 0) is 36.8 Å². The number of benzene rings is 1. The molecule has 8 heteroatoms. The molecule has 0 bridgehead atoms. The summed E-state index contributed by atoms with van der Waals surface area (Å²) < 4.78 is 35.6. The van der Waals surface area contributed by atoms with E-state index in [0.717, 1.165) is 0 Å². The highest BCUT2D eigenvalue weighted by Crippen LogP contribution is 2.19.